The molecule has 1 saturated carbocycles. The molecule has 2 fully saturated rings. The fourth-order valence-electron chi connectivity index (χ4n) is 3.72. The zero-order chi connectivity index (χ0) is 13.8. The van der Waals surface area contributed by atoms with Gasteiger partial charge in [0.15, 0.2) is 0 Å². The summed E-state index contributed by atoms with van der Waals surface area (Å²) in [6.07, 6.45) is 6.98. The molecule has 20 heavy (non-hydrogen) atoms. The van der Waals surface area contributed by atoms with Gasteiger partial charge in [-0.05, 0) is 56.4 Å². The van der Waals surface area contributed by atoms with Gasteiger partial charge in [0.25, 0.3) is 0 Å². The summed E-state index contributed by atoms with van der Waals surface area (Å²) >= 11 is 0. The molecule has 1 saturated heterocycles. The van der Waals surface area contributed by atoms with Gasteiger partial charge in [-0.25, -0.2) is 0 Å². The molecule has 1 N–H and O–H groups in total. The minimum atomic E-state index is 0.447. The Bertz CT molecular complexity index is 397. The van der Waals surface area contributed by atoms with Crippen molar-refractivity contribution >= 4 is 0 Å². The normalized spacial score (nSPS) is 34.2. The van der Waals surface area contributed by atoms with Crippen LogP contribution in [0.4, 0.5) is 0 Å². The Morgan fingerprint density at radius 2 is 1.80 bits per heavy atom. The first-order valence-electron chi connectivity index (χ1n) is 8.23. The number of nitrogens with one attached hydrogen (secondary N) is 1. The first kappa shape index (κ1) is 14.1. The van der Waals surface area contributed by atoms with Crippen molar-refractivity contribution in [1.29, 1.82) is 0 Å². The van der Waals surface area contributed by atoms with E-state index in [1.807, 2.05) is 0 Å². The summed E-state index contributed by atoms with van der Waals surface area (Å²) in [6, 6.07) is 11.7. The Balaban J connectivity index is 1.42. The Morgan fingerprint density at radius 1 is 1.05 bits per heavy atom. The highest BCUT2D eigenvalue weighted by atomic mass is 16.5. The maximum atomic E-state index is 5.64. The molecule has 0 aromatic heterocycles. The molecular formula is C18H27NO. The molecule has 0 radical (unpaired) electrons. The molecule has 2 unspecified atom stereocenters. The molecule has 1 aromatic rings. The first-order valence-corrected chi connectivity index (χ1v) is 8.23. The molecule has 2 heteroatoms. The number of hydrogen-bond acceptors (Lipinski definition) is 2. The highest BCUT2D eigenvalue weighted by Gasteiger charge is 2.26. The maximum absolute atomic E-state index is 5.64. The van der Waals surface area contributed by atoms with Crippen LogP contribution in [0.2, 0.25) is 0 Å². The molecule has 0 bridgehead atoms. The van der Waals surface area contributed by atoms with Gasteiger partial charge in [0.2, 0.25) is 0 Å². The Hall–Kier alpha value is -0.860. The van der Waals surface area contributed by atoms with Crippen molar-refractivity contribution < 1.29 is 4.74 Å². The van der Waals surface area contributed by atoms with E-state index >= 15 is 0 Å². The van der Waals surface area contributed by atoms with Gasteiger partial charge < -0.3 is 10.1 Å². The molecule has 1 aliphatic heterocycles. The summed E-state index contributed by atoms with van der Waals surface area (Å²) in [5.41, 5.74) is 1.53. The zero-order valence-corrected chi connectivity index (χ0v) is 12.6. The zero-order valence-electron chi connectivity index (χ0n) is 12.6. The van der Waals surface area contributed by atoms with Crippen molar-refractivity contribution in [3.63, 3.8) is 0 Å². The van der Waals surface area contributed by atoms with Crippen LogP contribution in [0.3, 0.4) is 0 Å². The van der Waals surface area contributed by atoms with E-state index in [1.165, 1.54) is 37.7 Å². The van der Waals surface area contributed by atoms with Crippen LogP contribution < -0.4 is 5.32 Å². The van der Waals surface area contributed by atoms with Gasteiger partial charge >= 0.3 is 0 Å². The van der Waals surface area contributed by atoms with E-state index in [9.17, 15) is 0 Å². The van der Waals surface area contributed by atoms with Gasteiger partial charge in [-0.15, -0.1) is 0 Å². The highest BCUT2D eigenvalue weighted by Crippen LogP contribution is 2.33. The van der Waals surface area contributed by atoms with Crippen LogP contribution >= 0.6 is 0 Å². The quantitative estimate of drug-likeness (QED) is 0.902. The lowest BCUT2D eigenvalue weighted by Gasteiger charge is -2.30. The van der Waals surface area contributed by atoms with Crippen molar-refractivity contribution in [2.75, 3.05) is 13.2 Å². The van der Waals surface area contributed by atoms with E-state index in [0.717, 1.165) is 31.0 Å². The van der Waals surface area contributed by atoms with E-state index in [-0.39, 0.29) is 0 Å². The molecule has 2 aliphatic rings. The average molecular weight is 273 g/mol. The predicted octanol–water partition coefficient (Wildman–Crippen LogP) is 3.73. The summed E-state index contributed by atoms with van der Waals surface area (Å²) in [5.74, 6) is 1.50. The maximum Gasteiger partial charge on any atom is 0.0588 e. The Labute approximate surface area is 122 Å². The lowest BCUT2D eigenvalue weighted by Crippen LogP contribution is -2.37. The van der Waals surface area contributed by atoms with Crippen LogP contribution in [0, 0.1) is 5.92 Å². The fourth-order valence-corrected chi connectivity index (χ4v) is 3.72. The summed E-state index contributed by atoms with van der Waals surface area (Å²) in [7, 11) is 0. The van der Waals surface area contributed by atoms with E-state index in [4.69, 9.17) is 4.74 Å². The Morgan fingerprint density at radius 3 is 2.45 bits per heavy atom. The molecule has 0 spiro atoms. The fraction of sp³-hybridized carbons (Fsp3) is 0.667. The molecule has 1 aromatic carbocycles. The van der Waals surface area contributed by atoms with Crippen molar-refractivity contribution in [3.8, 4) is 0 Å². The molecule has 2 nitrogen and oxygen atoms in total. The summed E-state index contributed by atoms with van der Waals surface area (Å²) in [5, 5.41) is 3.79. The molecule has 0 amide bonds. The van der Waals surface area contributed by atoms with Crippen LogP contribution in [0.5, 0.6) is 0 Å². The van der Waals surface area contributed by atoms with Crippen LogP contribution in [0.25, 0.3) is 0 Å². The standard InChI is InChI=1S/C18H27NO/c1-14-17(11-12-20-14)13-19-18-9-7-16(8-10-18)15-5-3-2-4-6-15/h2-6,14,16-19H,7-13H2,1H3. The largest absolute Gasteiger partial charge is 0.378 e. The minimum absolute atomic E-state index is 0.447. The van der Waals surface area contributed by atoms with E-state index in [1.54, 1.807) is 0 Å². The third-order valence-corrected chi connectivity index (χ3v) is 5.20. The smallest absolute Gasteiger partial charge is 0.0588 e. The number of benzene rings is 1. The van der Waals surface area contributed by atoms with E-state index < -0.39 is 0 Å². The first-order chi connectivity index (χ1) is 9.83. The third-order valence-electron chi connectivity index (χ3n) is 5.20. The Kier molecular flexibility index (Phi) is 4.74. The van der Waals surface area contributed by atoms with Crippen LogP contribution in [0.15, 0.2) is 30.3 Å². The van der Waals surface area contributed by atoms with Crippen molar-refractivity contribution in [2.45, 2.75) is 57.1 Å². The van der Waals surface area contributed by atoms with Crippen LogP contribution in [0.1, 0.15) is 50.5 Å². The molecule has 1 heterocycles. The van der Waals surface area contributed by atoms with Gasteiger partial charge in [0, 0.05) is 19.2 Å². The average Bonchev–Trinajstić information content (AvgIpc) is 2.92. The number of rotatable bonds is 4. The molecule has 2 atom stereocenters. The van der Waals surface area contributed by atoms with Crippen molar-refractivity contribution in [3.05, 3.63) is 35.9 Å². The second-order valence-electron chi connectivity index (χ2n) is 6.49. The molecule has 110 valence electrons. The second kappa shape index (κ2) is 6.73. The van der Waals surface area contributed by atoms with Crippen molar-refractivity contribution in [1.82, 2.24) is 5.32 Å². The third kappa shape index (κ3) is 3.42. The second-order valence-corrected chi connectivity index (χ2v) is 6.49. The van der Waals surface area contributed by atoms with E-state index in [0.29, 0.717) is 6.10 Å². The SMILES string of the molecule is CC1OCCC1CNC1CCC(c2ccccc2)CC1. The number of hydrogen-bond donors (Lipinski definition) is 1. The van der Waals surface area contributed by atoms with Crippen LogP contribution in [-0.2, 0) is 4.74 Å². The lowest BCUT2D eigenvalue weighted by atomic mass is 9.81. The van der Waals surface area contributed by atoms with Gasteiger partial charge in [-0.2, -0.15) is 0 Å². The van der Waals surface area contributed by atoms with Gasteiger partial charge in [-0.1, -0.05) is 30.3 Å². The summed E-state index contributed by atoms with van der Waals surface area (Å²) in [6.45, 7) is 4.31. The van der Waals surface area contributed by atoms with Crippen LogP contribution in [-0.4, -0.2) is 25.3 Å². The predicted molar refractivity (Wildman–Crippen MR) is 83.0 cm³/mol. The molecule has 3 rings (SSSR count). The number of ether oxygens (including phenoxy) is 1. The van der Waals surface area contributed by atoms with Crippen molar-refractivity contribution in [2.24, 2.45) is 5.92 Å². The molecular weight excluding hydrogens is 246 g/mol. The highest BCUT2D eigenvalue weighted by molar-refractivity contribution is 5.20. The monoisotopic (exact) mass is 273 g/mol. The van der Waals surface area contributed by atoms with Gasteiger partial charge in [0.05, 0.1) is 6.10 Å². The van der Waals surface area contributed by atoms with Gasteiger partial charge in [0.1, 0.15) is 0 Å². The topological polar surface area (TPSA) is 21.3 Å². The lowest BCUT2D eigenvalue weighted by molar-refractivity contribution is 0.104. The minimum Gasteiger partial charge on any atom is -0.378 e. The van der Waals surface area contributed by atoms with Gasteiger partial charge in [-0.3, -0.25) is 0 Å². The van der Waals surface area contributed by atoms with E-state index in [2.05, 4.69) is 42.6 Å². The summed E-state index contributed by atoms with van der Waals surface area (Å²) < 4.78 is 5.64. The summed E-state index contributed by atoms with van der Waals surface area (Å²) in [4.78, 5) is 0. The molecule has 1 aliphatic carbocycles.